The molecule has 32 heavy (non-hydrogen) atoms. The first kappa shape index (κ1) is 23.0. The van der Waals surface area contributed by atoms with Gasteiger partial charge in [0.1, 0.15) is 17.1 Å². The largest absolute Gasteiger partial charge is 0.454 e. The number of hydrogen-bond donors (Lipinski definition) is 2. The van der Waals surface area contributed by atoms with Crippen molar-refractivity contribution in [2.45, 2.75) is 12.4 Å². The average molecular weight is 464 g/mol. The lowest BCUT2D eigenvalue weighted by Gasteiger charge is -2.21. The molecule has 0 atom stereocenters. The Kier molecular flexibility index (Phi) is 5.81. The van der Waals surface area contributed by atoms with E-state index >= 15 is 0 Å². The molecule has 0 heterocycles. The molecule has 0 aliphatic carbocycles. The summed E-state index contributed by atoms with van der Waals surface area (Å²) < 4.78 is 119. The number of hydrogen-bond acceptors (Lipinski definition) is 4. The van der Waals surface area contributed by atoms with Crippen molar-refractivity contribution in [3.05, 3.63) is 71.3 Å². The lowest BCUT2D eigenvalue weighted by Crippen LogP contribution is -2.18. The Morgan fingerprint density at radius 1 is 0.594 bits per heavy atom. The van der Waals surface area contributed by atoms with Crippen LogP contribution in [0.25, 0.3) is 0 Å². The molecule has 0 aliphatic heterocycles. The molecule has 170 valence electrons. The maximum Gasteiger partial charge on any atom is 0.420 e. The first-order valence-corrected chi connectivity index (χ1v) is 8.54. The van der Waals surface area contributed by atoms with Crippen molar-refractivity contribution in [3.8, 4) is 23.0 Å². The molecule has 0 radical (unpaired) electrons. The molecule has 4 nitrogen and oxygen atoms in total. The summed E-state index contributed by atoms with van der Waals surface area (Å²) in [6.45, 7) is 0. The average Bonchev–Trinajstić information content (AvgIpc) is 2.65. The quantitative estimate of drug-likeness (QED) is 0.331. The van der Waals surface area contributed by atoms with Crippen LogP contribution in [-0.2, 0) is 12.4 Å². The van der Waals surface area contributed by atoms with Gasteiger partial charge in [-0.3, -0.25) is 0 Å². The molecule has 3 aromatic rings. The summed E-state index contributed by atoms with van der Waals surface area (Å²) in [6, 6.07) is 5.94. The van der Waals surface area contributed by atoms with E-state index in [0.717, 1.165) is 36.4 Å². The second-order valence-electron chi connectivity index (χ2n) is 6.42. The second kappa shape index (κ2) is 8.09. The molecule has 12 heteroatoms. The third-order valence-corrected chi connectivity index (χ3v) is 4.02. The summed E-state index contributed by atoms with van der Waals surface area (Å²) in [5, 5.41) is 0. The molecule has 0 spiro atoms. The topological polar surface area (TPSA) is 70.5 Å². The summed E-state index contributed by atoms with van der Waals surface area (Å²) in [4.78, 5) is 0. The Labute approximate surface area is 175 Å². The van der Waals surface area contributed by atoms with E-state index in [0.29, 0.717) is 6.07 Å². The van der Waals surface area contributed by atoms with Crippen molar-refractivity contribution in [1.82, 2.24) is 0 Å². The van der Waals surface area contributed by atoms with Crippen LogP contribution in [-0.4, -0.2) is 0 Å². The van der Waals surface area contributed by atoms with Crippen LogP contribution in [0.15, 0.2) is 48.5 Å². The van der Waals surface area contributed by atoms with Gasteiger partial charge in [-0.2, -0.15) is 26.3 Å². The first-order chi connectivity index (χ1) is 14.8. The number of anilines is 2. The molecule has 0 bridgehead atoms. The van der Waals surface area contributed by atoms with Crippen LogP contribution in [0, 0.1) is 11.6 Å². The van der Waals surface area contributed by atoms with Crippen LogP contribution in [0.2, 0.25) is 0 Å². The fourth-order valence-electron chi connectivity index (χ4n) is 2.69. The van der Waals surface area contributed by atoms with Gasteiger partial charge in [0.15, 0.2) is 23.1 Å². The van der Waals surface area contributed by atoms with Crippen molar-refractivity contribution in [2.24, 2.45) is 0 Å². The van der Waals surface area contributed by atoms with Crippen molar-refractivity contribution in [2.75, 3.05) is 11.5 Å². The monoisotopic (exact) mass is 464 g/mol. The summed E-state index contributed by atoms with van der Waals surface area (Å²) >= 11 is 0. The molecule has 4 N–H and O–H groups in total. The van der Waals surface area contributed by atoms with E-state index in [2.05, 4.69) is 0 Å². The van der Waals surface area contributed by atoms with E-state index in [1.807, 2.05) is 0 Å². The second-order valence-corrected chi connectivity index (χ2v) is 6.42. The predicted molar refractivity (Wildman–Crippen MR) is 98.2 cm³/mol. The van der Waals surface area contributed by atoms with Crippen LogP contribution in [0.3, 0.4) is 0 Å². The molecule has 0 saturated carbocycles. The molecule has 0 unspecified atom stereocenters. The van der Waals surface area contributed by atoms with Crippen molar-refractivity contribution < 1.29 is 44.6 Å². The minimum atomic E-state index is -5.56. The highest BCUT2D eigenvalue weighted by molar-refractivity contribution is 5.54. The Morgan fingerprint density at radius 2 is 1.09 bits per heavy atom. The van der Waals surface area contributed by atoms with E-state index in [4.69, 9.17) is 20.9 Å². The SMILES string of the molecule is Nc1ccc(F)c(Oc2cc(Oc3cc(N)ccc3F)c(C(F)(F)F)c(C(F)(F)F)c2)c1. The number of alkyl halides is 6. The van der Waals surface area contributed by atoms with Gasteiger partial charge in [0.25, 0.3) is 0 Å². The molecule has 3 rings (SSSR count). The molecule has 3 aromatic carbocycles. The third-order valence-electron chi connectivity index (χ3n) is 4.02. The van der Waals surface area contributed by atoms with E-state index in [1.54, 1.807) is 0 Å². The fourth-order valence-corrected chi connectivity index (χ4v) is 2.69. The zero-order valence-electron chi connectivity index (χ0n) is 15.6. The van der Waals surface area contributed by atoms with Gasteiger partial charge in [0.05, 0.1) is 5.56 Å². The van der Waals surface area contributed by atoms with Gasteiger partial charge in [-0.1, -0.05) is 0 Å². The van der Waals surface area contributed by atoms with Crippen molar-refractivity contribution >= 4 is 11.4 Å². The predicted octanol–water partition coefficient (Wildman–Crippen LogP) is 6.75. The minimum Gasteiger partial charge on any atom is -0.454 e. The van der Waals surface area contributed by atoms with E-state index in [9.17, 15) is 35.1 Å². The Bertz CT molecular complexity index is 1160. The highest BCUT2D eigenvalue weighted by Gasteiger charge is 2.46. The van der Waals surface area contributed by atoms with Crippen LogP contribution in [0.1, 0.15) is 11.1 Å². The summed E-state index contributed by atoms with van der Waals surface area (Å²) in [7, 11) is 0. The molecular formula is C20H12F8N2O2. The zero-order valence-corrected chi connectivity index (χ0v) is 15.6. The van der Waals surface area contributed by atoms with E-state index < -0.39 is 58.1 Å². The molecule has 0 saturated heterocycles. The van der Waals surface area contributed by atoms with Gasteiger partial charge in [0, 0.05) is 29.6 Å². The Balaban J connectivity index is 2.23. The number of rotatable bonds is 4. The van der Waals surface area contributed by atoms with Gasteiger partial charge in [-0.25, -0.2) is 8.78 Å². The van der Waals surface area contributed by atoms with Gasteiger partial charge in [0.2, 0.25) is 0 Å². The van der Waals surface area contributed by atoms with Crippen LogP contribution in [0.4, 0.5) is 46.5 Å². The van der Waals surface area contributed by atoms with Gasteiger partial charge < -0.3 is 20.9 Å². The molecular weight excluding hydrogens is 452 g/mol. The summed E-state index contributed by atoms with van der Waals surface area (Å²) in [6.07, 6.45) is -11.1. The van der Waals surface area contributed by atoms with Gasteiger partial charge >= 0.3 is 12.4 Å². The molecule has 0 aromatic heterocycles. The standard InChI is InChI=1S/C20H12F8N2O2/c21-13-3-1-9(29)5-15(13)31-11-7-12(19(23,24)25)18(20(26,27)28)17(8-11)32-16-6-10(30)2-4-14(16)22/h1-8H,29-30H2. The van der Waals surface area contributed by atoms with Crippen LogP contribution >= 0.6 is 0 Å². The molecule has 0 aliphatic rings. The van der Waals surface area contributed by atoms with E-state index in [1.165, 1.54) is 0 Å². The number of nitrogen functional groups attached to an aromatic ring is 2. The van der Waals surface area contributed by atoms with Crippen LogP contribution < -0.4 is 20.9 Å². The lowest BCUT2D eigenvalue weighted by molar-refractivity contribution is -0.162. The van der Waals surface area contributed by atoms with E-state index in [-0.39, 0.29) is 17.4 Å². The minimum absolute atomic E-state index is 0.0219. The van der Waals surface area contributed by atoms with Crippen LogP contribution in [0.5, 0.6) is 23.0 Å². The van der Waals surface area contributed by atoms with Gasteiger partial charge in [-0.15, -0.1) is 0 Å². The maximum atomic E-state index is 14.0. The zero-order chi connectivity index (χ0) is 23.8. The smallest absolute Gasteiger partial charge is 0.420 e. The lowest BCUT2D eigenvalue weighted by atomic mass is 10.0. The summed E-state index contributed by atoms with van der Waals surface area (Å²) in [5.74, 6) is -6.05. The Hall–Kier alpha value is -3.70. The molecule has 0 fully saturated rings. The highest BCUT2D eigenvalue weighted by Crippen LogP contribution is 2.48. The number of ether oxygens (including phenoxy) is 2. The maximum absolute atomic E-state index is 14.0. The first-order valence-electron chi connectivity index (χ1n) is 8.54. The third kappa shape index (κ3) is 4.95. The highest BCUT2D eigenvalue weighted by atomic mass is 19.4. The Morgan fingerprint density at radius 3 is 1.56 bits per heavy atom. The normalized spacial score (nSPS) is 12.0. The van der Waals surface area contributed by atoms with Crippen molar-refractivity contribution in [3.63, 3.8) is 0 Å². The molecule has 0 amide bonds. The number of benzene rings is 3. The fraction of sp³-hybridized carbons (Fsp3) is 0.100. The van der Waals surface area contributed by atoms with Crippen molar-refractivity contribution in [1.29, 1.82) is 0 Å². The number of nitrogens with two attached hydrogens (primary N) is 2. The summed E-state index contributed by atoms with van der Waals surface area (Å²) in [5.41, 5.74) is 6.34. The van der Waals surface area contributed by atoms with Gasteiger partial charge in [-0.05, 0) is 30.3 Å². The number of halogens is 8.